The lowest BCUT2D eigenvalue weighted by Crippen LogP contribution is -2.49. The van der Waals surface area contributed by atoms with E-state index in [1.807, 2.05) is 50.2 Å². The lowest BCUT2D eigenvalue weighted by Gasteiger charge is -2.37. The molecule has 3 nitrogen and oxygen atoms in total. The van der Waals surface area contributed by atoms with Crippen LogP contribution in [0.4, 0.5) is 0 Å². The van der Waals surface area contributed by atoms with E-state index in [1.165, 1.54) is 0 Å². The quantitative estimate of drug-likeness (QED) is 0.729. The van der Waals surface area contributed by atoms with Crippen molar-refractivity contribution >= 4 is 24.1 Å². The Bertz CT molecular complexity index is 829. The molecule has 0 aliphatic carbocycles. The summed E-state index contributed by atoms with van der Waals surface area (Å²) in [6.45, 7) is 7.26. The van der Waals surface area contributed by atoms with Crippen LogP contribution in [0.5, 0.6) is 0 Å². The van der Waals surface area contributed by atoms with Gasteiger partial charge in [-0.25, -0.2) is 0 Å². The van der Waals surface area contributed by atoms with Gasteiger partial charge in [-0.3, -0.25) is 0 Å². The fourth-order valence-corrected chi connectivity index (χ4v) is 2.46. The maximum Gasteiger partial charge on any atom is 0.351 e. The van der Waals surface area contributed by atoms with E-state index in [9.17, 15) is 5.11 Å². The molecular formula is C20H23BO3. The van der Waals surface area contributed by atoms with Gasteiger partial charge < -0.3 is 14.2 Å². The monoisotopic (exact) mass is 322 g/mol. The van der Waals surface area contributed by atoms with Crippen molar-refractivity contribution in [2.24, 2.45) is 0 Å². The van der Waals surface area contributed by atoms with Crippen LogP contribution < -0.4 is 5.66 Å². The largest absolute Gasteiger partial charge is 0.468 e. The molecule has 0 radical (unpaired) electrons. The summed E-state index contributed by atoms with van der Waals surface area (Å²) in [5, 5.41) is 11.3. The van der Waals surface area contributed by atoms with Crippen LogP contribution in [0, 0.1) is 0 Å². The van der Waals surface area contributed by atoms with Crippen molar-refractivity contribution in [2.45, 2.75) is 38.9 Å². The highest BCUT2D eigenvalue weighted by atomic mass is 16.5. The number of aliphatic hydroxyl groups is 1. The zero-order valence-electron chi connectivity index (χ0n) is 14.7. The molecule has 3 rings (SSSR count). The minimum absolute atomic E-state index is 0.319. The molecule has 0 amide bonds. The molecule has 4 heteroatoms. The molecule has 0 aliphatic heterocycles. The summed E-state index contributed by atoms with van der Waals surface area (Å²) in [7, 11) is 0.319. The number of hydrogen-bond donors (Lipinski definition) is 1. The summed E-state index contributed by atoms with van der Waals surface area (Å²) in [6, 6.07) is 18.3. The molecule has 24 heavy (non-hydrogen) atoms. The maximum atomic E-state index is 10.2. The number of rotatable bonds is 5. The normalized spacial score (nSPS) is 12.5. The molecule has 0 spiro atoms. The fraction of sp³-hybridized carbons (Fsp3) is 0.300. The van der Waals surface area contributed by atoms with Gasteiger partial charge >= 0.3 is 7.48 Å². The van der Waals surface area contributed by atoms with Gasteiger partial charge in [0.1, 0.15) is 5.58 Å². The van der Waals surface area contributed by atoms with E-state index in [0.717, 1.165) is 27.8 Å². The first-order chi connectivity index (χ1) is 11.3. The predicted octanol–water partition coefficient (Wildman–Crippen LogP) is 3.64. The summed E-state index contributed by atoms with van der Waals surface area (Å²) in [5.41, 5.74) is 2.21. The van der Waals surface area contributed by atoms with E-state index in [2.05, 4.69) is 18.2 Å². The molecule has 0 aliphatic rings. The second-order valence-electron chi connectivity index (χ2n) is 7.16. The van der Waals surface area contributed by atoms with Gasteiger partial charge in [-0.1, -0.05) is 48.5 Å². The Balaban J connectivity index is 1.90. The van der Waals surface area contributed by atoms with Crippen molar-refractivity contribution in [3.8, 4) is 11.1 Å². The van der Waals surface area contributed by atoms with E-state index in [4.69, 9.17) is 9.07 Å². The van der Waals surface area contributed by atoms with Gasteiger partial charge in [0.2, 0.25) is 0 Å². The van der Waals surface area contributed by atoms with Crippen LogP contribution in [0.2, 0.25) is 0 Å². The average molecular weight is 322 g/mol. The first kappa shape index (κ1) is 16.8. The van der Waals surface area contributed by atoms with Crippen molar-refractivity contribution in [3.63, 3.8) is 0 Å². The van der Waals surface area contributed by atoms with E-state index in [0.29, 0.717) is 7.48 Å². The molecule has 1 aromatic heterocycles. The summed E-state index contributed by atoms with van der Waals surface area (Å²) in [4.78, 5) is 0. The molecule has 0 fully saturated rings. The van der Waals surface area contributed by atoms with Gasteiger partial charge in [-0.15, -0.1) is 0 Å². The first-order valence-electron chi connectivity index (χ1n) is 8.21. The van der Waals surface area contributed by atoms with Crippen LogP contribution in [-0.2, 0) is 4.65 Å². The van der Waals surface area contributed by atoms with Crippen molar-refractivity contribution < 1.29 is 14.2 Å². The molecule has 0 unspecified atom stereocenters. The van der Waals surface area contributed by atoms with Crippen molar-refractivity contribution in [2.75, 3.05) is 0 Å². The Morgan fingerprint density at radius 2 is 1.67 bits per heavy atom. The van der Waals surface area contributed by atoms with Gasteiger partial charge in [0.05, 0.1) is 16.9 Å². The van der Waals surface area contributed by atoms with E-state index < -0.39 is 11.2 Å². The molecule has 0 bridgehead atoms. The minimum Gasteiger partial charge on any atom is -0.468 e. The topological polar surface area (TPSA) is 42.6 Å². The minimum atomic E-state index is -0.936. The molecular weight excluding hydrogens is 299 g/mol. The van der Waals surface area contributed by atoms with Crippen molar-refractivity contribution in [3.05, 3.63) is 54.6 Å². The Hall–Kier alpha value is -2.04. The average Bonchev–Trinajstić information content (AvgIpc) is 2.96. The van der Waals surface area contributed by atoms with Crippen molar-refractivity contribution in [1.29, 1.82) is 0 Å². The summed E-state index contributed by atoms with van der Waals surface area (Å²) >= 11 is 0. The molecule has 1 N–H and O–H groups in total. The molecule has 1 heterocycles. The Labute approximate surface area is 143 Å². The summed E-state index contributed by atoms with van der Waals surface area (Å²) in [6.07, 6.45) is 0. The third-order valence-corrected chi connectivity index (χ3v) is 4.73. The second-order valence-corrected chi connectivity index (χ2v) is 7.16. The van der Waals surface area contributed by atoms with Gasteiger partial charge in [0.25, 0.3) is 0 Å². The Morgan fingerprint density at radius 3 is 2.33 bits per heavy atom. The first-order valence-corrected chi connectivity index (χ1v) is 8.21. The standard InChI is InChI=1S/C20H23BO3/c1-19(2,22)20(3,4)24-21-17-13-15-11-8-12-16(18(15)23-17)14-9-6-5-7-10-14/h5-13,21-22H,1-4H3. The van der Waals surface area contributed by atoms with E-state index >= 15 is 0 Å². The smallest absolute Gasteiger partial charge is 0.351 e. The molecule has 0 atom stereocenters. The van der Waals surface area contributed by atoms with Gasteiger partial charge in [-0.05, 0) is 39.3 Å². The lowest BCUT2D eigenvalue weighted by atomic mass is 9.85. The van der Waals surface area contributed by atoms with Crippen LogP contribution in [-0.4, -0.2) is 23.8 Å². The van der Waals surface area contributed by atoms with Crippen molar-refractivity contribution in [1.82, 2.24) is 0 Å². The molecule has 2 aromatic carbocycles. The number of benzene rings is 2. The number of hydrogen-bond acceptors (Lipinski definition) is 3. The number of para-hydroxylation sites is 1. The predicted molar refractivity (Wildman–Crippen MR) is 99.9 cm³/mol. The van der Waals surface area contributed by atoms with Gasteiger partial charge in [-0.2, -0.15) is 0 Å². The van der Waals surface area contributed by atoms with Crippen LogP contribution >= 0.6 is 0 Å². The summed E-state index contributed by atoms with van der Waals surface area (Å²) < 4.78 is 12.0. The highest BCUT2D eigenvalue weighted by Crippen LogP contribution is 2.29. The Kier molecular flexibility index (Phi) is 4.28. The third-order valence-electron chi connectivity index (χ3n) is 4.73. The SMILES string of the molecule is CC(C)(O)C(C)(C)OBc1cc2cccc(-c3ccccc3)c2o1. The summed E-state index contributed by atoms with van der Waals surface area (Å²) in [5.74, 6) is 0. The highest BCUT2D eigenvalue weighted by Gasteiger charge is 2.36. The molecule has 0 saturated heterocycles. The second kappa shape index (κ2) is 6.12. The van der Waals surface area contributed by atoms with Crippen LogP contribution in [0.15, 0.2) is 59.0 Å². The fourth-order valence-electron chi connectivity index (χ4n) is 2.46. The Morgan fingerprint density at radius 1 is 0.958 bits per heavy atom. The van der Waals surface area contributed by atoms with E-state index in [-0.39, 0.29) is 0 Å². The molecule has 3 aromatic rings. The highest BCUT2D eigenvalue weighted by molar-refractivity contribution is 6.46. The van der Waals surface area contributed by atoms with Crippen LogP contribution in [0.1, 0.15) is 27.7 Å². The number of furan rings is 1. The van der Waals surface area contributed by atoms with Crippen LogP contribution in [0.3, 0.4) is 0 Å². The zero-order chi connectivity index (χ0) is 17.4. The molecule has 0 saturated carbocycles. The maximum absolute atomic E-state index is 10.2. The zero-order valence-corrected chi connectivity index (χ0v) is 14.7. The van der Waals surface area contributed by atoms with Crippen LogP contribution in [0.25, 0.3) is 22.1 Å². The third kappa shape index (κ3) is 3.26. The molecule has 124 valence electrons. The van der Waals surface area contributed by atoms with E-state index in [1.54, 1.807) is 13.8 Å². The van der Waals surface area contributed by atoms with Gasteiger partial charge in [0.15, 0.2) is 0 Å². The van der Waals surface area contributed by atoms with Gasteiger partial charge in [0, 0.05) is 10.9 Å². The lowest BCUT2D eigenvalue weighted by molar-refractivity contribution is -0.0895. The number of fused-ring (bicyclic) bond motifs is 1.